The monoisotopic (exact) mass is 247 g/mol. The van der Waals surface area contributed by atoms with Gasteiger partial charge in [0, 0.05) is 0 Å². The lowest BCUT2D eigenvalue weighted by molar-refractivity contribution is -0.147. The summed E-state index contributed by atoms with van der Waals surface area (Å²) < 4.78 is 0. The minimum Gasteiger partial charge on any atom is -0.481 e. The van der Waals surface area contributed by atoms with Crippen molar-refractivity contribution in [1.82, 2.24) is 5.32 Å². The van der Waals surface area contributed by atoms with E-state index in [4.69, 9.17) is 21.7 Å². The third-order valence-corrected chi connectivity index (χ3v) is 2.05. The number of hydrogen-bond donors (Lipinski definition) is 5. The van der Waals surface area contributed by atoms with Gasteiger partial charge in [0.1, 0.15) is 6.04 Å². The summed E-state index contributed by atoms with van der Waals surface area (Å²) in [6, 6.07) is -2.35. The first-order chi connectivity index (χ1) is 7.88. The molecule has 98 valence electrons. The molecule has 1 unspecified atom stereocenters. The Morgan fingerprint density at radius 3 is 2.24 bits per heavy atom. The van der Waals surface area contributed by atoms with Crippen molar-refractivity contribution in [2.24, 2.45) is 11.5 Å². The summed E-state index contributed by atoms with van der Waals surface area (Å²) in [6.45, 7) is 0.373. The topological polar surface area (TPSA) is 156 Å². The van der Waals surface area contributed by atoms with Gasteiger partial charge in [0.2, 0.25) is 5.91 Å². The third-order valence-electron chi connectivity index (χ3n) is 2.05. The van der Waals surface area contributed by atoms with E-state index in [2.05, 4.69) is 5.32 Å². The van der Waals surface area contributed by atoms with Crippen LogP contribution in [-0.2, 0) is 14.4 Å². The van der Waals surface area contributed by atoms with Gasteiger partial charge in [-0.25, -0.2) is 4.79 Å². The molecule has 0 saturated carbocycles. The van der Waals surface area contributed by atoms with Crippen LogP contribution in [0.4, 0.5) is 0 Å². The van der Waals surface area contributed by atoms with Crippen molar-refractivity contribution in [3.05, 3.63) is 0 Å². The molecule has 1 amide bonds. The number of hydrogen-bond acceptors (Lipinski definition) is 5. The molecule has 0 bridgehead atoms. The van der Waals surface area contributed by atoms with Crippen LogP contribution in [0.3, 0.4) is 0 Å². The predicted octanol–water partition coefficient (Wildman–Crippen LogP) is -1.90. The highest BCUT2D eigenvalue weighted by atomic mass is 16.4. The fourth-order valence-electron chi connectivity index (χ4n) is 1.12. The molecule has 0 heterocycles. The summed E-state index contributed by atoms with van der Waals surface area (Å²) in [5, 5.41) is 19.2. The van der Waals surface area contributed by atoms with Gasteiger partial charge in [-0.1, -0.05) is 0 Å². The van der Waals surface area contributed by atoms with Crippen LogP contribution in [-0.4, -0.2) is 46.7 Å². The lowest BCUT2D eigenvalue weighted by atomic mass is 10.1. The number of carbonyl (C=O) groups excluding carboxylic acids is 1. The van der Waals surface area contributed by atoms with Crippen LogP contribution in [0.25, 0.3) is 0 Å². The summed E-state index contributed by atoms with van der Waals surface area (Å²) >= 11 is 0. The smallest absolute Gasteiger partial charge is 0.326 e. The van der Waals surface area contributed by atoms with Crippen molar-refractivity contribution in [2.45, 2.75) is 31.3 Å². The highest BCUT2D eigenvalue weighted by Gasteiger charge is 2.25. The fraction of sp³-hybridized carbons (Fsp3) is 0.667. The molecule has 0 aliphatic heterocycles. The van der Waals surface area contributed by atoms with Crippen LogP contribution < -0.4 is 16.8 Å². The fourth-order valence-corrected chi connectivity index (χ4v) is 1.12. The predicted molar refractivity (Wildman–Crippen MR) is 58.1 cm³/mol. The number of carbonyl (C=O) groups is 3. The molecule has 0 aliphatic carbocycles. The van der Waals surface area contributed by atoms with Gasteiger partial charge in [0.15, 0.2) is 0 Å². The van der Waals surface area contributed by atoms with E-state index in [-0.39, 0.29) is 0 Å². The van der Waals surface area contributed by atoms with Crippen LogP contribution in [0.1, 0.15) is 19.3 Å². The number of carboxylic acids is 2. The van der Waals surface area contributed by atoms with Gasteiger partial charge in [-0.05, 0) is 19.4 Å². The van der Waals surface area contributed by atoms with E-state index in [9.17, 15) is 14.4 Å². The average molecular weight is 247 g/mol. The summed E-state index contributed by atoms with van der Waals surface area (Å²) in [6.07, 6.45) is 0.164. The summed E-state index contributed by atoms with van der Waals surface area (Å²) in [5.41, 5.74) is 10.7. The number of aliphatic carboxylic acids is 2. The Balaban J connectivity index is 4.29. The number of nitrogens with one attached hydrogen (secondary N) is 1. The SMILES string of the molecule is NCCC[C@H](N)C(=O)NC(CC(=O)O)C(=O)O. The maximum absolute atomic E-state index is 11.4. The number of amides is 1. The van der Waals surface area contributed by atoms with Gasteiger partial charge in [0.25, 0.3) is 0 Å². The standard InChI is InChI=1S/C9H17N3O5/c10-3-1-2-5(11)8(15)12-6(9(16)17)4-7(13)14/h5-6H,1-4,10-11H2,(H,12,15)(H,13,14)(H,16,17)/t5-,6?/m0/s1. The van der Waals surface area contributed by atoms with Crippen LogP contribution in [0, 0.1) is 0 Å². The molecule has 0 rings (SSSR count). The zero-order chi connectivity index (χ0) is 13.4. The van der Waals surface area contributed by atoms with Gasteiger partial charge in [-0.2, -0.15) is 0 Å². The molecule has 17 heavy (non-hydrogen) atoms. The third kappa shape index (κ3) is 6.48. The van der Waals surface area contributed by atoms with Gasteiger partial charge >= 0.3 is 11.9 Å². The Hall–Kier alpha value is -1.67. The van der Waals surface area contributed by atoms with E-state index in [0.29, 0.717) is 19.4 Å². The van der Waals surface area contributed by atoms with Gasteiger partial charge < -0.3 is 27.0 Å². The molecule has 8 nitrogen and oxygen atoms in total. The molecule has 0 aromatic heterocycles. The molecule has 0 radical (unpaired) electrons. The number of nitrogens with two attached hydrogens (primary N) is 2. The normalized spacial score (nSPS) is 13.8. The molecule has 0 spiro atoms. The van der Waals surface area contributed by atoms with Crippen molar-refractivity contribution in [2.75, 3.05) is 6.54 Å². The molecule has 0 aromatic rings. The molecule has 7 N–H and O–H groups in total. The molecular weight excluding hydrogens is 230 g/mol. The summed E-state index contributed by atoms with van der Waals surface area (Å²) in [5.74, 6) is -3.41. The quantitative estimate of drug-likeness (QED) is 0.335. The number of rotatable bonds is 8. The molecular formula is C9H17N3O5. The van der Waals surface area contributed by atoms with E-state index in [1.165, 1.54) is 0 Å². The van der Waals surface area contributed by atoms with E-state index >= 15 is 0 Å². The largest absolute Gasteiger partial charge is 0.481 e. The van der Waals surface area contributed by atoms with Crippen molar-refractivity contribution in [3.8, 4) is 0 Å². The molecule has 0 aromatic carbocycles. The zero-order valence-corrected chi connectivity index (χ0v) is 9.26. The minimum atomic E-state index is -1.47. The lowest BCUT2D eigenvalue weighted by Crippen LogP contribution is -2.49. The lowest BCUT2D eigenvalue weighted by Gasteiger charge is -2.16. The van der Waals surface area contributed by atoms with Crippen molar-refractivity contribution in [3.63, 3.8) is 0 Å². The second-order valence-electron chi connectivity index (χ2n) is 3.53. The average Bonchev–Trinajstić information content (AvgIpc) is 2.23. The Labute approximate surface area is 98.0 Å². The maximum atomic E-state index is 11.4. The van der Waals surface area contributed by atoms with Crippen LogP contribution in [0.5, 0.6) is 0 Å². The van der Waals surface area contributed by atoms with E-state index in [1.54, 1.807) is 0 Å². The Morgan fingerprint density at radius 2 is 1.82 bits per heavy atom. The molecule has 2 atom stereocenters. The highest BCUT2D eigenvalue weighted by molar-refractivity contribution is 5.88. The van der Waals surface area contributed by atoms with E-state index in [1.807, 2.05) is 0 Å². The Kier molecular flexibility index (Phi) is 6.83. The maximum Gasteiger partial charge on any atom is 0.326 e. The van der Waals surface area contributed by atoms with Gasteiger partial charge in [-0.15, -0.1) is 0 Å². The summed E-state index contributed by atoms with van der Waals surface area (Å²) in [7, 11) is 0. The first kappa shape index (κ1) is 15.3. The minimum absolute atomic E-state index is 0.321. The Bertz CT molecular complexity index is 294. The van der Waals surface area contributed by atoms with Crippen molar-refractivity contribution < 1.29 is 24.6 Å². The summed E-state index contributed by atoms with van der Waals surface area (Å²) in [4.78, 5) is 32.5. The second-order valence-corrected chi connectivity index (χ2v) is 3.53. The number of carboxylic acid groups (broad SMARTS) is 2. The second kappa shape index (κ2) is 7.58. The first-order valence-corrected chi connectivity index (χ1v) is 5.09. The van der Waals surface area contributed by atoms with Crippen LogP contribution in [0.2, 0.25) is 0 Å². The molecule has 0 fully saturated rings. The first-order valence-electron chi connectivity index (χ1n) is 5.09. The van der Waals surface area contributed by atoms with Crippen molar-refractivity contribution in [1.29, 1.82) is 0 Å². The van der Waals surface area contributed by atoms with Crippen LogP contribution in [0.15, 0.2) is 0 Å². The van der Waals surface area contributed by atoms with E-state index in [0.717, 1.165) is 0 Å². The highest BCUT2D eigenvalue weighted by Crippen LogP contribution is 1.97. The molecule has 0 aliphatic rings. The molecule has 8 heteroatoms. The van der Waals surface area contributed by atoms with Crippen molar-refractivity contribution >= 4 is 17.8 Å². The zero-order valence-electron chi connectivity index (χ0n) is 9.26. The van der Waals surface area contributed by atoms with E-state index < -0.39 is 36.4 Å². The van der Waals surface area contributed by atoms with Gasteiger partial charge in [0.05, 0.1) is 12.5 Å². The molecule has 0 saturated heterocycles. The van der Waals surface area contributed by atoms with Crippen LogP contribution >= 0.6 is 0 Å². The van der Waals surface area contributed by atoms with Gasteiger partial charge in [-0.3, -0.25) is 9.59 Å². The Morgan fingerprint density at radius 1 is 1.24 bits per heavy atom.